The molecule has 2 heterocycles. The molecule has 0 radical (unpaired) electrons. The number of aromatic nitrogens is 1. The van der Waals surface area contributed by atoms with Crippen LogP contribution >= 0.6 is 23.1 Å². The van der Waals surface area contributed by atoms with E-state index in [2.05, 4.69) is 18.5 Å². The summed E-state index contributed by atoms with van der Waals surface area (Å²) in [7, 11) is 0. The van der Waals surface area contributed by atoms with E-state index in [4.69, 9.17) is 4.74 Å². The number of hydrogen-bond acceptors (Lipinski definition) is 5. The van der Waals surface area contributed by atoms with Crippen LogP contribution in [0.15, 0.2) is 35.8 Å². The van der Waals surface area contributed by atoms with Crippen LogP contribution in [0.4, 0.5) is 0 Å². The summed E-state index contributed by atoms with van der Waals surface area (Å²) in [5.41, 5.74) is 0.997. The van der Waals surface area contributed by atoms with Crippen LogP contribution in [0.25, 0.3) is 10.2 Å². The Morgan fingerprint density at radius 2 is 2.23 bits per heavy atom. The van der Waals surface area contributed by atoms with Gasteiger partial charge < -0.3 is 14.2 Å². The molecule has 1 unspecified atom stereocenters. The van der Waals surface area contributed by atoms with Crippen LogP contribution in [-0.2, 0) is 16.1 Å². The van der Waals surface area contributed by atoms with Crippen LogP contribution in [-0.4, -0.2) is 52.5 Å². The Labute approximate surface area is 185 Å². The van der Waals surface area contributed by atoms with E-state index in [1.165, 1.54) is 29.5 Å². The Bertz CT molecular complexity index is 980. The van der Waals surface area contributed by atoms with Crippen LogP contribution < -0.4 is 9.54 Å². The maximum absolute atomic E-state index is 12.5. The van der Waals surface area contributed by atoms with E-state index >= 15 is 0 Å². The lowest BCUT2D eigenvalue weighted by atomic mass is 10.0. The smallest absolute Gasteiger partial charge is 0.258 e. The number of benzene rings is 1. The van der Waals surface area contributed by atoms with Crippen LogP contribution in [0.3, 0.4) is 0 Å². The molecule has 30 heavy (non-hydrogen) atoms. The van der Waals surface area contributed by atoms with Gasteiger partial charge in [-0.1, -0.05) is 24.3 Å². The van der Waals surface area contributed by atoms with Gasteiger partial charge in [-0.25, -0.2) is 0 Å². The van der Waals surface area contributed by atoms with Crippen molar-refractivity contribution < 1.29 is 14.3 Å². The summed E-state index contributed by atoms with van der Waals surface area (Å²) < 4.78 is 8.57. The van der Waals surface area contributed by atoms with Crippen molar-refractivity contribution in [1.82, 2.24) is 9.47 Å². The SMILES string of the molecule is C=CCn1c(=NC(=O)CSCC(=O)N2CCCC(C)C2)sc2cc(OCC)ccc21. The number of rotatable bonds is 8. The summed E-state index contributed by atoms with van der Waals surface area (Å²) in [6.07, 6.45) is 4.03. The lowest BCUT2D eigenvalue weighted by molar-refractivity contribution is -0.130. The van der Waals surface area contributed by atoms with Gasteiger partial charge in [0, 0.05) is 19.6 Å². The quantitative estimate of drug-likeness (QED) is 0.579. The summed E-state index contributed by atoms with van der Waals surface area (Å²) in [6.45, 7) is 10.8. The van der Waals surface area contributed by atoms with E-state index in [1.807, 2.05) is 34.6 Å². The van der Waals surface area contributed by atoms with Gasteiger partial charge in [0.05, 0.1) is 28.3 Å². The summed E-state index contributed by atoms with van der Waals surface area (Å²) in [6, 6.07) is 5.88. The van der Waals surface area contributed by atoms with Crippen LogP contribution in [0.2, 0.25) is 0 Å². The number of carbonyl (C=O) groups is 2. The van der Waals surface area contributed by atoms with Crippen molar-refractivity contribution in [2.75, 3.05) is 31.2 Å². The number of hydrogen-bond donors (Lipinski definition) is 0. The normalized spacial score (nSPS) is 17.3. The number of thioether (sulfide) groups is 1. The van der Waals surface area contributed by atoms with E-state index in [0.717, 1.165) is 35.5 Å². The highest BCUT2D eigenvalue weighted by Crippen LogP contribution is 2.23. The van der Waals surface area contributed by atoms with Gasteiger partial charge in [0.15, 0.2) is 4.80 Å². The number of carbonyl (C=O) groups excluding carboxylic acids is 2. The first kappa shape index (κ1) is 22.6. The molecule has 2 amide bonds. The van der Waals surface area contributed by atoms with Gasteiger partial charge in [-0.05, 0) is 43.9 Å². The maximum Gasteiger partial charge on any atom is 0.258 e. The number of fused-ring (bicyclic) bond motifs is 1. The molecule has 0 saturated carbocycles. The highest BCUT2D eigenvalue weighted by Gasteiger charge is 2.20. The second-order valence-electron chi connectivity index (χ2n) is 7.43. The fraction of sp³-hybridized carbons (Fsp3) is 0.500. The lowest BCUT2D eigenvalue weighted by Gasteiger charge is -2.30. The Hall–Kier alpha value is -2.06. The van der Waals surface area contributed by atoms with Crippen molar-refractivity contribution in [3.8, 4) is 5.75 Å². The third-order valence-corrected chi connectivity index (χ3v) is 6.90. The van der Waals surface area contributed by atoms with Crippen LogP contribution in [0.5, 0.6) is 5.75 Å². The minimum atomic E-state index is -0.228. The van der Waals surface area contributed by atoms with Crippen LogP contribution in [0, 0.1) is 5.92 Å². The Balaban J connectivity index is 1.67. The lowest BCUT2D eigenvalue weighted by Crippen LogP contribution is -2.40. The molecule has 1 aliphatic rings. The van der Waals surface area contributed by atoms with E-state index < -0.39 is 0 Å². The molecule has 1 fully saturated rings. The molecule has 1 aromatic carbocycles. The molecular formula is C22H29N3O3S2. The molecule has 0 bridgehead atoms. The molecular weight excluding hydrogens is 418 g/mol. The Morgan fingerprint density at radius 3 is 2.97 bits per heavy atom. The van der Waals surface area contributed by atoms with Gasteiger partial charge in [-0.2, -0.15) is 4.99 Å². The molecule has 1 saturated heterocycles. The van der Waals surface area contributed by atoms with Crippen molar-refractivity contribution in [3.05, 3.63) is 35.7 Å². The zero-order valence-electron chi connectivity index (χ0n) is 17.6. The number of piperidine rings is 1. The second-order valence-corrected chi connectivity index (χ2v) is 9.43. The van der Waals surface area contributed by atoms with Gasteiger partial charge >= 0.3 is 0 Å². The van der Waals surface area contributed by atoms with Crippen molar-refractivity contribution in [2.45, 2.75) is 33.2 Å². The van der Waals surface area contributed by atoms with E-state index in [-0.39, 0.29) is 17.6 Å². The van der Waals surface area contributed by atoms with E-state index in [1.54, 1.807) is 6.08 Å². The topological polar surface area (TPSA) is 63.9 Å². The molecule has 1 atom stereocenters. The third kappa shape index (κ3) is 5.76. The first-order valence-electron chi connectivity index (χ1n) is 10.3. The van der Waals surface area contributed by atoms with E-state index in [0.29, 0.717) is 29.6 Å². The van der Waals surface area contributed by atoms with Crippen molar-refractivity contribution in [2.24, 2.45) is 10.9 Å². The molecule has 8 heteroatoms. The van der Waals surface area contributed by atoms with Crippen molar-refractivity contribution >= 4 is 45.1 Å². The highest BCUT2D eigenvalue weighted by atomic mass is 32.2. The summed E-state index contributed by atoms with van der Waals surface area (Å²) >= 11 is 2.80. The Morgan fingerprint density at radius 1 is 1.40 bits per heavy atom. The summed E-state index contributed by atoms with van der Waals surface area (Å²) in [5.74, 6) is 1.77. The van der Waals surface area contributed by atoms with Gasteiger partial charge in [0.25, 0.3) is 5.91 Å². The number of allylic oxidation sites excluding steroid dienone is 1. The average Bonchev–Trinajstić information content (AvgIpc) is 3.04. The number of amides is 2. The van der Waals surface area contributed by atoms with Gasteiger partial charge in [0.2, 0.25) is 5.91 Å². The molecule has 1 aromatic heterocycles. The fourth-order valence-electron chi connectivity index (χ4n) is 3.57. The second kappa shape index (κ2) is 10.8. The van der Waals surface area contributed by atoms with Gasteiger partial charge in [0.1, 0.15) is 5.75 Å². The minimum Gasteiger partial charge on any atom is -0.494 e. The number of nitrogens with zero attached hydrogens (tertiary/aromatic N) is 3. The largest absolute Gasteiger partial charge is 0.494 e. The average molecular weight is 448 g/mol. The van der Waals surface area contributed by atoms with E-state index in [9.17, 15) is 9.59 Å². The maximum atomic E-state index is 12.5. The fourth-order valence-corrected chi connectivity index (χ4v) is 5.36. The first-order chi connectivity index (χ1) is 14.5. The number of thiazole rings is 1. The third-order valence-electron chi connectivity index (χ3n) is 4.96. The molecule has 162 valence electrons. The predicted octanol–water partition coefficient (Wildman–Crippen LogP) is 3.71. The molecule has 6 nitrogen and oxygen atoms in total. The van der Waals surface area contributed by atoms with Crippen LogP contribution in [0.1, 0.15) is 26.7 Å². The predicted molar refractivity (Wildman–Crippen MR) is 124 cm³/mol. The monoisotopic (exact) mass is 447 g/mol. The summed E-state index contributed by atoms with van der Waals surface area (Å²) in [4.78, 5) is 31.7. The zero-order chi connectivity index (χ0) is 21.5. The number of likely N-dealkylation sites (tertiary alicyclic amines) is 1. The molecule has 0 aliphatic carbocycles. The summed E-state index contributed by atoms with van der Waals surface area (Å²) in [5, 5.41) is 0. The molecule has 3 rings (SSSR count). The number of ether oxygens (including phenoxy) is 1. The molecule has 0 N–H and O–H groups in total. The highest BCUT2D eigenvalue weighted by molar-refractivity contribution is 8.00. The van der Waals surface area contributed by atoms with Crippen molar-refractivity contribution in [1.29, 1.82) is 0 Å². The van der Waals surface area contributed by atoms with Gasteiger partial charge in [-0.15, -0.1) is 18.3 Å². The molecule has 2 aromatic rings. The first-order valence-corrected chi connectivity index (χ1v) is 12.3. The molecule has 1 aliphatic heterocycles. The minimum absolute atomic E-state index is 0.117. The van der Waals surface area contributed by atoms with Crippen molar-refractivity contribution in [3.63, 3.8) is 0 Å². The Kier molecular flexibility index (Phi) is 8.16. The zero-order valence-corrected chi connectivity index (χ0v) is 19.3. The molecule has 0 spiro atoms. The van der Waals surface area contributed by atoms with Gasteiger partial charge in [-0.3, -0.25) is 9.59 Å². The standard InChI is InChI=1S/C22H29N3O3S2/c1-4-10-25-18-9-8-17(28-5-2)12-19(18)30-22(25)23-20(26)14-29-15-21(27)24-11-6-7-16(3)13-24/h4,8-9,12,16H,1,5-7,10-11,13-15H2,2-3H3.